The number of amides is 1. The standard InChI is InChI=1S/C20H18F3N7O/c1-29(2)17(31)7-15(20(21,22)23)12-3-4-16(25-8-12)30-10-13(9-28-30)14-5-6-24-19-18(14)26-11-27-19/h3-6,8-11,15H,7H2,1-2H3,(H,24,26,27). The Kier molecular flexibility index (Phi) is 5.17. The maximum atomic E-state index is 13.5. The molecule has 1 N–H and O–H groups in total. The number of alkyl halides is 3. The molecule has 11 heteroatoms. The average Bonchev–Trinajstić information content (AvgIpc) is 3.40. The summed E-state index contributed by atoms with van der Waals surface area (Å²) in [6.07, 6.45) is 2.41. The number of H-pyrrole nitrogens is 1. The van der Waals surface area contributed by atoms with Crippen LogP contribution < -0.4 is 0 Å². The number of hydrogen-bond donors (Lipinski definition) is 1. The van der Waals surface area contributed by atoms with Crippen molar-refractivity contribution in [1.82, 2.24) is 34.6 Å². The van der Waals surface area contributed by atoms with E-state index < -0.39 is 24.4 Å². The number of carbonyl (C=O) groups is 1. The fourth-order valence-electron chi connectivity index (χ4n) is 3.19. The minimum atomic E-state index is -4.57. The third kappa shape index (κ3) is 4.11. The second-order valence-corrected chi connectivity index (χ2v) is 7.17. The smallest absolute Gasteiger partial charge is 0.349 e. The number of rotatable bonds is 5. The van der Waals surface area contributed by atoms with Crippen LogP contribution in [0.1, 0.15) is 17.9 Å². The molecule has 0 radical (unpaired) electrons. The van der Waals surface area contributed by atoms with Crippen LogP contribution in [0.5, 0.6) is 0 Å². The van der Waals surface area contributed by atoms with Gasteiger partial charge in [0.25, 0.3) is 0 Å². The van der Waals surface area contributed by atoms with Gasteiger partial charge in [-0.15, -0.1) is 0 Å². The van der Waals surface area contributed by atoms with Crippen LogP contribution in [0.3, 0.4) is 0 Å². The van der Waals surface area contributed by atoms with Gasteiger partial charge >= 0.3 is 6.18 Å². The summed E-state index contributed by atoms with van der Waals surface area (Å²) in [4.78, 5) is 28.5. The number of fused-ring (bicyclic) bond motifs is 1. The van der Waals surface area contributed by atoms with E-state index in [4.69, 9.17) is 0 Å². The number of pyridine rings is 2. The second kappa shape index (κ2) is 7.82. The van der Waals surface area contributed by atoms with Crippen molar-refractivity contribution in [3.63, 3.8) is 0 Å². The van der Waals surface area contributed by atoms with E-state index >= 15 is 0 Å². The predicted molar refractivity (Wildman–Crippen MR) is 106 cm³/mol. The van der Waals surface area contributed by atoms with E-state index in [1.807, 2.05) is 0 Å². The van der Waals surface area contributed by atoms with Gasteiger partial charge in [-0.3, -0.25) is 4.79 Å². The molecule has 31 heavy (non-hydrogen) atoms. The van der Waals surface area contributed by atoms with Crippen molar-refractivity contribution >= 4 is 17.1 Å². The first-order valence-corrected chi connectivity index (χ1v) is 9.30. The zero-order chi connectivity index (χ0) is 22.2. The topological polar surface area (TPSA) is 92.6 Å². The van der Waals surface area contributed by atoms with Gasteiger partial charge < -0.3 is 9.88 Å². The Morgan fingerprint density at radius 1 is 1.16 bits per heavy atom. The summed E-state index contributed by atoms with van der Waals surface area (Å²) < 4.78 is 42.0. The molecule has 8 nitrogen and oxygen atoms in total. The third-order valence-electron chi connectivity index (χ3n) is 4.89. The van der Waals surface area contributed by atoms with Gasteiger partial charge in [-0.05, 0) is 17.7 Å². The Morgan fingerprint density at radius 3 is 2.65 bits per heavy atom. The lowest BCUT2D eigenvalue weighted by Crippen LogP contribution is -2.29. The second-order valence-electron chi connectivity index (χ2n) is 7.17. The maximum Gasteiger partial charge on any atom is 0.396 e. The van der Waals surface area contributed by atoms with E-state index in [0.717, 1.165) is 22.2 Å². The van der Waals surface area contributed by atoms with E-state index in [-0.39, 0.29) is 5.56 Å². The molecule has 1 atom stereocenters. The lowest BCUT2D eigenvalue weighted by Gasteiger charge is -2.21. The van der Waals surface area contributed by atoms with Gasteiger partial charge in [0.1, 0.15) is 5.52 Å². The van der Waals surface area contributed by atoms with Gasteiger partial charge in [-0.25, -0.2) is 19.6 Å². The minimum Gasteiger partial charge on any atom is -0.349 e. The largest absolute Gasteiger partial charge is 0.396 e. The normalized spacial score (nSPS) is 12.8. The first kappa shape index (κ1) is 20.5. The van der Waals surface area contributed by atoms with Crippen LogP contribution in [-0.4, -0.2) is 60.8 Å². The molecule has 160 valence electrons. The molecule has 4 aromatic rings. The Labute approximate surface area is 174 Å². The molecule has 0 saturated carbocycles. The summed E-state index contributed by atoms with van der Waals surface area (Å²) in [5.41, 5.74) is 2.82. The number of aromatic nitrogens is 6. The molecule has 0 aliphatic rings. The van der Waals surface area contributed by atoms with Crippen LogP contribution in [-0.2, 0) is 4.79 Å². The molecule has 1 amide bonds. The van der Waals surface area contributed by atoms with E-state index in [1.165, 1.54) is 30.9 Å². The maximum absolute atomic E-state index is 13.5. The number of aromatic amines is 1. The first-order chi connectivity index (χ1) is 14.7. The zero-order valence-electron chi connectivity index (χ0n) is 16.6. The van der Waals surface area contributed by atoms with Crippen molar-refractivity contribution in [2.24, 2.45) is 0 Å². The Morgan fingerprint density at radius 2 is 1.97 bits per heavy atom. The summed E-state index contributed by atoms with van der Waals surface area (Å²) in [5.74, 6) is -2.19. The van der Waals surface area contributed by atoms with Crippen molar-refractivity contribution in [2.75, 3.05) is 14.1 Å². The van der Waals surface area contributed by atoms with E-state index in [1.54, 1.807) is 31.0 Å². The average molecular weight is 429 g/mol. The van der Waals surface area contributed by atoms with Crippen LogP contribution >= 0.6 is 0 Å². The lowest BCUT2D eigenvalue weighted by atomic mass is 9.96. The highest BCUT2D eigenvalue weighted by atomic mass is 19.4. The molecule has 0 spiro atoms. The van der Waals surface area contributed by atoms with E-state index in [9.17, 15) is 18.0 Å². The van der Waals surface area contributed by atoms with Crippen LogP contribution in [0.15, 0.2) is 49.3 Å². The van der Waals surface area contributed by atoms with Gasteiger partial charge in [0.2, 0.25) is 5.91 Å². The summed E-state index contributed by atoms with van der Waals surface area (Å²) in [6, 6.07) is 4.57. The molecule has 0 bridgehead atoms. The summed E-state index contributed by atoms with van der Waals surface area (Å²) in [6.45, 7) is 0. The molecule has 1 unspecified atom stereocenters. The summed E-state index contributed by atoms with van der Waals surface area (Å²) in [7, 11) is 2.85. The van der Waals surface area contributed by atoms with Crippen molar-refractivity contribution in [1.29, 1.82) is 0 Å². The molecule has 0 saturated heterocycles. The number of halogens is 3. The highest BCUT2D eigenvalue weighted by Crippen LogP contribution is 2.37. The monoisotopic (exact) mass is 429 g/mol. The fraction of sp³-hybridized carbons (Fsp3) is 0.250. The van der Waals surface area contributed by atoms with Crippen LogP contribution in [0, 0.1) is 0 Å². The number of carbonyl (C=O) groups excluding carboxylic acids is 1. The SMILES string of the molecule is CN(C)C(=O)CC(c1ccc(-n2cc(-c3ccnc4[nH]cnc34)cn2)nc1)C(F)(F)F. The van der Waals surface area contributed by atoms with Crippen molar-refractivity contribution in [3.05, 3.63) is 54.9 Å². The van der Waals surface area contributed by atoms with Gasteiger partial charge in [-0.1, -0.05) is 6.07 Å². The van der Waals surface area contributed by atoms with E-state index in [2.05, 4.69) is 25.0 Å². The van der Waals surface area contributed by atoms with Crippen molar-refractivity contribution in [3.8, 4) is 16.9 Å². The molecule has 4 aromatic heterocycles. The third-order valence-corrected chi connectivity index (χ3v) is 4.89. The molecule has 0 aromatic carbocycles. The highest BCUT2D eigenvalue weighted by Gasteiger charge is 2.42. The van der Waals surface area contributed by atoms with Gasteiger partial charge in [-0.2, -0.15) is 18.3 Å². The Bertz CT molecular complexity index is 1210. The molecule has 0 aliphatic heterocycles. The highest BCUT2D eigenvalue weighted by molar-refractivity contribution is 5.88. The molecule has 4 heterocycles. The Hall–Kier alpha value is -3.76. The number of nitrogens with one attached hydrogen (secondary N) is 1. The van der Waals surface area contributed by atoms with Gasteiger partial charge in [0, 0.05) is 50.2 Å². The first-order valence-electron chi connectivity index (χ1n) is 9.30. The van der Waals surface area contributed by atoms with Crippen LogP contribution in [0.4, 0.5) is 13.2 Å². The molecular formula is C20H18F3N7O. The number of hydrogen-bond acceptors (Lipinski definition) is 5. The minimum absolute atomic E-state index is 0.0776. The predicted octanol–water partition coefficient (Wildman–Crippen LogP) is 3.33. The molecule has 0 fully saturated rings. The lowest BCUT2D eigenvalue weighted by molar-refractivity contribution is -0.159. The van der Waals surface area contributed by atoms with Gasteiger partial charge in [0.05, 0.1) is 18.4 Å². The number of imidazole rings is 1. The number of nitrogens with zero attached hydrogens (tertiary/aromatic N) is 6. The van der Waals surface area contributed by atoms with Gasteiger partial charge in [0.15, 0.2) is 11.5 Å². The summed E-state index contributed by atoms with van der Waals surface area (Å²) in [5, 5.41) is 4.26. The van der Waals surface area contributed by atoms with Crippen molar-refractivity contribution in [2.45, 2.75) is 18.5 Å². The van der Waals surface area contributed by atoms with Crippen molar-refractivity contribution < 1.29 is 18.0 Å². The Balaban J connectivity index is 1.61. The van der Waals surface area contributed by atoms with E-state index in [0.29, 0.717) is 17.0 Å². The summed E-state index contributed by atoms with van der Waals surface area (Å²) >= 11 is 0. The quantitative estimate of drug-likeness (QED) is 0.525. The molecule has 0 aliphatic carbocycles. The van der Waals surface area contributed by atoms with Crippen LogP contribution in [0.2, 0.25) is 0 Å². The van der Waals surface area contributed by atoms with Crippen LogP contribution in [0.25, 0.3) is 28.1 Å². The fourth-order valence-corrected chi connectivity index (χ4v) is 3.19. The zero-order valence-corrected chi connectivity index (χ0v) is 16.6. The molecule has 4 rings (SSSR count). The molecular weight excluding hydrogens is 411 g/mol.